The molecule has 0 bridgehead atoms. The topological polar surface area (TPSA) is 12.0 Å². The van der Waals surface area contributed by atoms with Crippen LogP contribution in [0.25, 0.3) is 11.1 Å². The van der Waals surface area contributed by atoms with Crippen molar-refractivity contribution in [2.24, 2.45) is 0 Å². The Labute approximate surface area is 125 Å². The highest BCUT2D eigenvalue weighted by Gasteiger charge is 2.10. The van der Waals surface area contributed by atoms with E-state index < -0.39 is 11.6 Å². The van der Waals surface area contributed by atoms with Gasteiger partial charge in [0.25, 0.3) is 0 Å². The van der Waals surface area contributed by atoms with Crippen molar-refractivity contribution in [3.05, 3.63) is 59.7 Å². The summed E-state index contributed by atoms with van der Waals surface area (Å²) in [5, 5.41) is 3.49. The van der Waals surface area contributed by atoms with Crippen LogP contribution in [0.5, 0.6) is 0 Å². The van der Waals surface area contributed by atoms with Crippen LogP contribution >= 0.6 is 0 Å². The zero-order valence-corrected chi connectivity index (χ0v) is 12.5. The molecule has 112 valence electrons. The lowest BCUT2D eigenvalue weighted by molar-refractivity contribution is 0.518. The van der Waals surface area contributed by atoms with Gasteiger partial charge in [-0.1, -0.05) is 32.0 Å². The van der Waals surface area contributed by atoms with Gasteiger partial charge in [-0.05, 0) is 54.3 Å². The third-order valence-electron chi connectivity index (χ3n) is 3.53. The number of hydrogen-bond donors (Lipinski definition) is 1. The lowest BCUT2D eigenvalue weighted by Crippen LogP contribution is -2.21. The lowest BCUT2D eigenvalue weighted by atomic mass is 9.98. The first kappa shape index (κ1) is 15.6. The second-order valence-electron chi connectivity index (χ2n) is 5.20. The van der Waals surface area contributed by atoms with Crippen LogP contribution in [-0.2, 0) is 0 Å². The summed E-state index contributed by atoms with van der Waals surface area (Å²) < 4.78 is 26.7. The molecule has 0 aliphatic rings. The van der Waals surface area contributed by atoms with Crippen molar-refractivity contribution in [3.63, 3.8) is 0 Å². The molecule has 1 nitrogen and oxygen atoms in total. The summed E-state index contributed by atoms with van der Waals surface area (Å²) in [5.74, 6) is -1.10. The molecular formula is C18H21F2N. The molecule has 2 aromatic carbocycles. The molecular weight excluding hydrogens is 268 g/mol. The van der Waals surface area contributed by atoms with Gasteiger partial charge in [-0.3, -0.25) is 0 Å². The van der Waals surface area contributed by atoms with E-state index in [0.717, 1.165) is 36.6 Å². The predicted molar refractivity (Wildman–Crippen MR) is 83.1 cm³/mol. The van der Waals surface area contributed by atoms with E-state index in [1.54, 1.807) is 0 Å². The van der Waals surface area contributed by atoms with Crippen LogP contribution < -0.4 is 5.32 Å². The van der Waals surface area contributed by atoms with Crippen LogP contribution in [0.1, 0.15) is 38.3 Å². The molecule has 0 aliphatic carbocycles. The molecule has 0 spiro atoms. The van der Waals surface area contributed by atoms with E-state index >= 15 is 0 Å². The van der Waals surface area contributed by atoms with Crippen LogP contribution in [0.2, 0.25) is 0 Å². The Morgan fingerprint density at radius 2 is 1.67 bits per heavy atom. The van der Waals surface area contributed by atoms with E-state index in [4.69, 9.17) is 0 Å². The summed E-state index contributed by atoms with van der Waals surface area (Å²) in [6.45, 7) is 5.21. The molecule has 2 aromatic rings. The summed E-state index contributed by atoms with van der Waals surface area (Å²) in [5.41, 5.74) is 2.55. The first-order valence-corrected chi connectivity index (χ1v) is 7.43. The monoisotopic (exact) mass is 289 g/mol. The second kappa shape index (κ2) is 7.32. The van der Waals surface area contributed by atoms with Crippen LogP contribution in [0.15, 0.2) is 42.5 Å². The van der Waals surface area contributed by atoms with Gasteiger partial charge in [0, 0.05) is 12.1 Å². The van der Waals surface area contributed by atoms with Crippen molar-refractivity contribution in [1.82, 2.24) is 5.32 Å². The van der Waals surface area contributed by atoms with Gasteiger partial charge in [-0.2, -0.15) is 0 Å². The molecule has 1 N–H and O–H groups in total. The van der Waals surface area contributed by atoms with Crippen molar-refractivity contribution in [1.29, 1.82) is 0 Å². The summed E-state index contributed by atoms with van der Waals surface area (Å²) in [7, 11) is 0. The van der Waals surface area contributed by atoms with Gasteiger partial charge in [-0.25, -0.2) is 8.78 Å². The summed E-state index contributed by atoms with van der Waals surface area (Å²) >= 11 is 0. The van der Waals surface area contributed by atoms with Crippen molar-refractivity contribution < 1.29 is 8.78 Å². The number of rotatable bonds is 6. The van der Waals surface area contributed by atoms with E-state index in [9.17, 15) is 8.78 Å². The molecule has 0 amide bonds. The average Bonchev–Trinajstić information content (AvgIpc) is 2.47. The lowest BCUT2D eigenvalue weighted by Gasteiger charge is -2.18. The van der Waals surface area contributed by atoms with Crippen LogP contribution in [0.4, 0.5) is 8.78 Å². The van der Waals surface area contributed by atoms with Gasteiger partial charge in [-0.15, -0.1) is 0 Å². The molecule has 0 aliphatic heterocycles. The Morgan fingerprint density at radius 3 is 2.29 bits per heavy atom. The Balaban J connectivity index is 2.32. The first-order valence-electron chi connectivity index (χ1n) is 7.43. The zero-order chi connectivity index (χ0) is 15.2. The Bertz CT molecular complexity index is 575. The van der Waals surface area contributed by atoms with Crippen molar-refractivity contribution >= 4 is 0 Å². The molecule has 3 heteroatoms. The molecule has 0 fully saturated rings. The van der Waals surface area contributed by atoms with E-state index in [1.165, 1.54) is 12.1 Å². The molecule has 1 atom stereocenters. The highest BCUT2D eigenvalue weighted by Crippen LogP contribution is 2.26. The summed E-state index contributed by atoms with van der Waals surface area (Å²) in [6, 6.07) is 11.8. The Morgan fingerprint density at radius 1 is 0.952 bits per heavy atom. The fraction of sp³-hybridized carbons (Fsp3) is 0.333. The predicted octanol–water partition coefficient (Wildman–Crippen LogP) is 5.08. The minimum absolute atomic E-state index is 0.267. The zero-order valence-electron chi connectivity index (χ0n) is 12.5. The van der Waals surface area contributed by atoms with Gasteiger partial charge < -0.3 is 5.32 Å². The van der Waals surface area contributed by atoms with Crippen molar-refractivity contribution in [3.8, 4) is 11.1 Å². The maximum atomic E-state index is 13.4. The molecule has 21 heavy (non-hydrogen) atoms. The van der Waals surface area contributed by atoms with Gasteiger partial charge in [0.15, 0.2) is 0 Å². The maximum absolute atomic E-state index is 13.4. The quantitative estimate of drug-likeness (QED) is 0.781. The standard InChI is InChI=1S/C18H21F2N/c1-3-8-21-18(4-2)14-7-5-6-13(9-14)15-10-16(19)12-17(20)11-15/h5-7,9-12,18,21H,3-4,8H2,1-2H3. The number of hydrogen-bond acceptors (Lipinski definition) is 1. The normalized spacial score (nSPS) is 12.4. The van der Waals surface area contributed by atoms with E-state index in [2.05, 4.69) is 25.2 Å². The van der Waals surface area contributed by atoms with Crippen LogP contribution in [0.3, 0.4) is 0 Å². The van der Waals surface area contributed by atoms with E-state index in [0.29, 0.717) is 5.56 Å². The van der Waals surface area contributed by atoms with Crippen LogP contribution in [-0.4, -0.2) is 6.54 Å². The number of benzene rings is 2. The molecule has 0 aromatic heterocycles. The van der Waals surface area contributed by atoms with Crippen molar-refractivity contribution in [2.75, 3.05) is 6.54 Å². The maximum Gasteiger partial charge on any atom is 0.126 e. The fourth-order valence-electron chi connectivity index (χ4n) is 2.47. The highest BCUT2D eigenvalue weighted by molar-refractivity contribution is 5.64. The summed E-state index contributed by atoms with van der Waals surface area (Å²) in [6.07, 6.45) is 2.05. The number of nitrogens with one attached hydrogen (secondary N) is 1. The highest BCUT2D eigenvalue weighted by atomic mass is 19.1. The molecule has 2 rings (SSSR count). The minimum atomic E-state index is -0.549. The third-order valence-corrected chi connectivity index (χ3v) is 3.53. The molecule has 0 saturated heterocycles. The van der Waals surface area contributed by atoms with E-state index in [1.807, 2.05) is 18.2 Å². The average molecular weight is 289 g/mol. The van der Waals surface area contributed by atoms with Gasteiger partial charge in [0.2, 0.25) is 0 Å². The molecule has 0 heterocycles. The van der Waals surface area contributed by atoms with Crippen LogP contribution in [0, 0.1) is 11.6 Å². The molecule has 1 unspecified atom stereocenters. The van der Waals surface area contributed by atoms with Gasteiger partial charge in [0.1, 0.15) is 11.6 Å². The minimum Gasteiger partial charge on any atom is -0.310 e. The second-order valence-corrected chi connectivity index (χ2v) is 5.20. The molecule has 0 radical (unpaired) electrons. The Hall–Kier alpha value is -1.74. The summed E-state index contributed by atoms with van der Waals surface area (Å²) in [4.78, 5) is 0. The van der Waals surface area contributed by atoms with Gasteiger partial charge in [0.05, 0.1) is 0 Å². The fourth-order valence-corrected chi connectivity index (χ4v) is 2.47. The molecule has 0 saturated carbocycles. The smallest absolute Gasteiger partial charge is 0.126 e. The van der Waals surface area contributed by atoms with E-state index in [-0.39, 0.29) is 6.04 Å². The number of halogens is 2. The third kappa shape index (κ3) is 4.11. The first-order chi connectivity index (χ1) is 10.1. The largest absolute Gasteiger partial charge is 0.310 e. The SMILES string of the molecule is CCCNC(CC)c1cccc(-c2cc(F)cc(F)c2)c1. The Kier molecular flexibility index (Phi) is 5.45. The van der Waals surface area contributed by atoms with Crippen molar-refractivity contribution in [2.45, 2.75) is 32.7 Å². The van der Waals surface area contributed by atoms with Gasteiger partial charge >= 0.3 is 0 Å².